The second kappa shape index (κ2) is 9.25. The summed E-state index contributed by atoms with van der Waals surface area (Å²) >= 11 is 0. The van der Waals surface area contributed by atoms with Crippen molar-refractivity contribution in [3.8, 4) is 17.2 Å². The van der Waals surface area contributed by atoms with E-state index < -0.39 is 11.9 Å². The van der Waals surface area contributed by atoms with E-state index in [9.17, 15) is 9.90 Å². The van der Waals surface area contributed by atoms with Crippen LogP contribution in [0.25, 0.3) is 0 Å². The normalized spacial score (nSPS) is 12.1. The maximum Gasteiger partial charge on any atom is 0.307 e. The highest BCUT2D eigenvalue weighted by atomic mass is 16.5. The van der Waals surface area contributed by atoms with Crippen molar-refractivity contribution in [3.05, 3.63) is 17.7 Å². The Kier molecular flexibility index (Phi) is 7.68. The summed E-state index contributed by atoms with van der Waals surface area (Å²) in [4.78, 5) is 11.3. The number of aliphatic carboxylic acids is 1. The molecule has 0 aliphatic carbocycles. The SMILES string of the molecule is COc1cc(OC)c(CNCC(CC(C)C)C(=O)O)c(OC)c1. The van der Waals surface area contributed by atoms with Gasteiger partial charge in [-0.3, -0.25) is 4.79 Å². The lowest BCUT2D eigenvalue weighted by Gasteiger charge is -2.18. The molecule has 1 atom stereocenters. The average Bonchev–Trinajstić information content (AvgIpc) is 2.52. The van der Waals surface area contributed by atoms with E-state index in [0.717, 1.165) is 5.56 Å². The van der Waals surface area contributed by atoms with Crippen LogP contribution in [0, 0.1) is 11.8 Å². The number of carboxylic acids is 1. The summed E-state index contributed by atoms with van der Waals surface area (Å²) < 4.78 is 16.0. The molecule has 0 aliphatic rings. The zero-order chi connectivity index (χ0) is 17.4. The molecule has 2 N–H and O–H groups in total. The summed E-state index contributed by atoms with van der Waals surface area (Å²) in [6, 6.07) is 3.56. The minimum Gasteiger partial charge on any atom is -0.496 e. The smallest absolute Gasteiger partial charge is 0.307 e. The first kappa shape index (κ1) is 19.1. The number of rotatable bonds is 10. The van der Waals surface area contributed by atoms with Gasteiger partial charge in [-0.15, -0.1) is 0 Å². The first-order chi connectivity index (χ1) is 10.9. The summed E-state index contributed by atoms with van der Waals surface area (Å²) in [5.74, 6) is 1.08. The Hall–Kier alpha value is -1.95. The van der Waals surface area contributed by atoms with Crippen LogP contribution in [-0.2, 0) is 11.3 Å². The number of carbonyl (C=O) groups is 1. The third kappa shape index (κ3) is 5.63. The van der Waals surface area contributed by atoms with Crippen LogP contribution >= 0.6 is 0 Å². The molecule has 0 saturated carbocycles. The molecular weight excluding hydrogens is 298 g/mol. The maximum atomic E-state index is 11.3. The lowest BCUT2D eigenvalue weighted by molar-refractivity contribution is -0.142. The minimum absolute atomic E-state index is 0.336. The molecule has 0 amide bonds. The number of methoxy groups -OCH3 is 3. The Morgan fingerprint density at radius 3 is 2.09 bits per heavy atom. The van der Waals surface area contributed by atoms with Gasteiger partial charge in [0.15, 0.2) is 0 Å². The number of hydrogen-bond acceptors (Lipinski definition) is 5. The van der Waals surface area contributed by atoms with Crippen LogP contribution in [-0.4, -0.2) is 38.9 Å². The Morgan fingerprint density at radius 2 is 1.70 bits per heavy atom. The van der Waals surface area contributed by atoms with Crippen LogP contribution in [0.5, 0.6) is 17.2 Å². The van der Waals surface area contributed by atoms with Gasteiger partial charge in [0.2, 0.25) is 0 Å². The van der Waals surface area contributed by atoms with Crippen molar-refractivity contribution in [2.24, 2.45) is 11.8 Å². The molecule has 0 fully saturated rings. The topological polar surface area (TPSA) is 77.0 Å². The standard InChI is InChI=1S/C17H27NO5/c1-11(2)6-12(17(19)20)9-18-10-14-15(22-4)7-13(21-3)8-16(14)23-5/h7-8,11-12,18H,6,9-10H2,1-5H3,(H,19,20). The van der Waals surface area contributed by atoms with Gasteiger partial charge >= 0.3 is 5.97 Å². The zero-order valence-corrected chi connectivity index (χ0v) is 14.5. The summed E-state index contributed by atoms with van der Waals surface area (Å²) in [6.45, 7) is 4.89. The third-order valence-corrected chi connectivity index (χ3v) is 3.61. The second-order valence-corrected chi connectivity index (χ2v) is 5.81. The van der Waals surface area contributed by atoms with Crippen LogP contribution in [0.4, 0.5) is 0 Å². The average molecular weight is 325 g/mol. The van der Waals surface area contributed by atoms with Gasteiger partial charge < -0.3 is 24.6 Å². The molecule has 0 radical (unpaired) electrons. The number of benzene rings is 1. The van der Waals surface area contributed by atoms with Crippen molar-refractivity contribution < 1.29 is 24.1 Å². The summed E-state index contributed by atoms with van der Waals surface area (Å²) in [6.07, 6.45) is 0.638. The lowest BCUT2D eigenvalue weighted by Crippen LogP contribution is -2.29. The Morgan fingerprint density at radius 1 is 1.13 bits per heavy atom. The predicted molar refractivity (Wildman–Crippen MR) is 88.4 cm³/mol. The number of ether oxygens (including phenoxy) is 3. The van der Waals surface area contributed by atoms with Crippen molar-refractivity contribution in [2.45, 2.75) is 26.8 Å². The molecule has 0 aromatic heterocycles. The molecule has 1 unspecified atom stereocenters. The quantitative estimate of drug-likeness (QED) is 0.688. The highest BCUT2D eigenvalue weighted by molar-refractivity contribution is 5.70. The Balaban J connectivity index is 2.81. The monoisotopic (exact) mass is 325 g/mol. The lowest BCUT2D eigenvalue weighted by atomic mass is 9.97. The predicted octanol–water partition coefficient (Wildman–Crippen LogP) is 2.55. The molecule has 1 aromatic rings. The first-order valence-electron chi connectivity index (χ1n) is 7.65. The fraction of sp³-hybridized carbons (Fsp3) is 0.588. The highest BCUT2D eigenvalue weighted by Crippen LogP contribution is 2.33. The summed E-state index contributed by atoms with van der Waals surface area (Å²) in [7, 11) is 4.74. The van der Waals surface area contributed by atoms with E-state index in [2.05, 4.69) is 5.32 Å². The van der Waals surface area contributed by atoms with Crippen molar-refractivity contribution >= 4 is 5.97 Å². The number of nitrogens with one attached hydrogen (secondary N) is 1. The first-order valence-corrected chi connectivity index (χ1v) is 7.65. The Labute approximate surface area is 137 Å². The molecule has 1 aromatic carbocycles. The molecule has 1 rings (SSSR count). The number of hydrogen-bond donors (Lipinski definition) is 2. The van der Waals surface area contributed by atoms with Gasteiger partial charge in [0.25, 0.3) is 0 Å². The Bertz CT molecular complexity index is 491. The van der Waals surface area contributed by atoms with E-state index in [0.29, 0.717) is 42.7 Å². The number of carboxylic acid groups (broad SMARTS) is 1. The summed E-state index contributed by atoms with van der Waals surface area (Å²) in [5.41, 5.74) is 0.837. The van der Waals surface area contributed by atoms with Crippen LogP contribution in [0.2, 0.25) is 0 Å². The van der Waals surface area contributed by atoms with Crippen LogP contribution in [0.3, 0.4) is 0 Å². The van der Waals surface area contributed by atoms with E-state index in [1.807, 2.05) is 13.8 Å². The van der Waals surface area contributed by atoms with Crippen molar-refractivity contribution in [2.75, 3.05) is 27.9 Å². The molecule has 0 aliphatic heterocycles. The third-order valence-electron chi connectivity index (χ3n) is 3.61. The molecule has 6 nitrogen and oxygen atoms in total. The van der Waals surface area contributed by atoms with Gasteiger partial charge in [-0.25, -0.2) is 0 Å². The molecule has 23 heavy (non-hydrogen) atoms. The van der Waals surface area contributed by atoms with Gasteiger partial charge in [0.1, 0.15) is 17.2 Å². The van der Waals surface area contributed by atoms with Crippen LogP contribution < -0.4 is 19.5 Å². The highest BCUT2D eigenvalue weighted by Gasteiger charge is 2.19. The maximum absolute atomic E-state index is 11.3. The molecule has 0 spiro atoms. The fourth-order valence-corrected chi connectivity index (χ4v) is 2.46. The van der Waals surface area contributed by atoms with Gasteiger partial charge in [0.05, 0.1) is 32.8 Å². The largest absolute Gasteiger partial charge is 0.496 e. The van der Waals surface area contributed by atoms with E-state index in [-0.39, 0.29) is 0 Å². The van der Waals surface area contributed by atoms with Gasteiger partial charge in [-0.1, -0.05) is 13.8 Å². The fourth-order valence-electron chi connectivity index (χ4n) is 2.46. The molecule has 6 heteroatoms. The van der Waals surface area contributed by atoms with E-state index >= 15 is 0 Å². The molecule has 0 bridgehead atoms. The van der Waals surface area contributed by atoms with E-state index in [1.165, 1.54) is 0 Å². The molecule has 130 valence electrons. The van der Waals surface area contributed by atoms with Crippen LogP contribution in [0.15, 0.2) is 12.1 Å². The second-order valence-electron chi connectivity index (χ2n) is 5.81. The van der Waals surface area contributed by atoms with Crippen molar-refractivity contribution in [1.29, 1.82) is 0 Å². The van der Waals surface area contributed by atoms with Crippen molar-refractivity contribution in [1.82, 2.24) is 5.32 Å². The molecule has 0 saturated heterocycles. The van der Waals surface area contributed by atoms with E-state index in [4.69, 9.17) is 14.2 Å². The van der Waals surface area contributed by atoms with Gasteiger partial charge in [-0.2, -0.15) is 0 Å². The van der Waals surface area contributed by atoms with Gasteiger partial charge in [0, 0.05) is 25.2 Å². The van der Waals surface area contributed by atoms with E-state index in [1.54, 1.807) is 33.5 Å². The van der Waals surface area contributed by atoms with Gasteiger partial charge in [-0.05, 0) is 12.3 Å². The zero-order valence-electron chi connectivity index (χ0n) is 14.5. The molecule has 0 heterocycles. The summed E-state index contributed by atoms with van der Waals surface area (Å²) in [5, 5.41) is 12.5. The minimum atomic E-state index is -0.778. The van der Waals surface area contributed by atoms with Crippen LogP contribution in [0.1, 0.15) is 25.8 Å². The molecular formula is C17H27NO5. The van der Waals surface area contributed by atoms with Crippen molar-refractivity contribution in [3.63, 3.8) is 0 Å².